The van der Waals surface area contributed by atoms with Crippen molar-refractivity contribution in [1.82, 2.24) is 14.7 Å². The number of benzene rings is 2. The molecule has 4 rings (SSSR count). The van der Waals surface area contributed by atoms with E-state index in [4.69, 9.17) is 0 Å². The van der Waals surface area contributed by atoms with Crippen LogP contribution < -0.4 is 5.32 Å². The molecule has 3 aromatic rings. The number of piperidine rings is 1. The van der Waals surface area contributed by atoms with Gasteiger partial charge in [-0.05, 0) is 75.6 Å². The first kappa shape index (κ1) is 20.8. The average Bonchev–Trinajstić information content (AvgIpc) is 3.12. The van der Waals surface area contributed by atoms with Gasteiger partial charge in [0.2, 0.25) is 5.91 Å². The molecular weight excluding hydrogens is 395 g/mol. The molecule has 0 unspecified atom stereocenters. The molecule has 2 heterocycles. The van der Waals surface area contributed by atoms with E-state index in [-0.39, 0.29) is 11.5 Å². The number of carbonyl (C=O) groups excluding carboxylic acids is 2. The molecule has 0 bridgehead atoms. The van der Waals surface area contributed by atoms with Crippen LogP contribution in [0.5, 0.6) is 0 Å². The van der Waals surface area contributed by atoms with Gasteiger partial charge in [0.25, 0.3) is 5.91 Å². The minimum atomic E-state index is -0.628. The van der Waals surface area contributed by atoms with E-state index in [9.17, 15) is 14.0 Å². The first-order chi connectivity index (χ1) is 14.9. The largest absolute Gasteiger partial charge is 0.327 e. The molecule has 6 nitrogen and oxygen atoms in total. The number of aromatic nitrogens is 2. The molecule has 2 aromatic carbocycles. The molecule has 1 saturated heterocycles. The summed E-state index contributed by atoms with van der Waals surface area (Å²) in [4.78, 5) is 27.4. The van der Waals surface area contributed by atoms with Crippen molar-refractivity contribution in [3.8, 4) is 5.69 Å². The van der Waals surface area contributed by atoms with Gasteiger partial charge in [0.15, 0.2) is 0 Å². The molecule has 1 aliphatic heterocycles. The minimum Gasteiger partial charge on any atom is -0.327 e. The number of hydrogen-bond donors (Lipinski definition) is 1. The number of nitrogens with zero attached hydrogens (tertiary/aromatic N) is 3. The zero-order chi connectivity index (χ0) is 22.0. The smallest absolute Gasteiger partial charge is 0.257 e. The number of halogens is 1. The summed E-state index contributed by atoms with van der Waals surface area (Å²) in [6, 6.07) is 14.7. The molecule has 1 atom stereocenters. The van der Waals surface area contributed by atoms with Gasteiger partial charge >= 0.3 is 0 Å². The summed E-state index contributed by atoms with van der Waals surface area (Å²) in [6.45, 7) is 4.36. The van der Waals surface area contributed by atoms with E-state index in [0.29, 0.717) is 18.7 Å². The Kier molecular flexibility index (Phi) is 5.84. The SMILES string of the molecule is Cc1cc(C)n(-c2ccc(NC(=O)[C@@H]3CCCCN3C(=O)c3ccccc3F)cc2)n1. The van der Waals surface area contributed by atoms with Gasteiger partial charge in [-0.3, -0.25) is 9.59 Å². The van der Waals surface area contributed by atoms with Gasteiger partial charge in [-0.1, -0.05) is 12.1 Å². The maximum absolute atomic E-state index is 14.1. The van der Waals surface area contributed by atoms with Crippen molar-refractivity contribution < 1.29 is 14.0 Å². The fraction of sp³-hybridized carbons (Fsp3) is 0.292. The van der Waals surface area contributed by atoms with Crippen LogP contribution in [0.15, 0.2) is 54.6 Å². The highest BCUT2D eigenvalue weighted by Crippen LogP contribution is 2.23. The third kappa shape index (κ3) is 4.35. The van der Waals surface area contributed by atoms with E-state index >= 15 is 0 Å². The van der Waals surface area contributed by atoms with Gasteiger partial charge in [0.1, 0.15) is 11.9 Å². The highest BCUT2D eigenvalue weighted by molar-refractivity contribution is 6.01. The van der Waals surface area contributed by atoms with E-state index in [2.05, 4.69) is 10.4 Å². The lowest BCUT2D eigenvalue weighted by atomic mass is 9.99. The van der Waals surface area contributed by atoms with Gasteiger partial charge < -0.3 is 10.2 Å². The summed E-state index contributed by atoms with van der Waals surface area (Å²) in [6.07, 6.45) is 2.19. The lowest BCUT2D eigenvalue weighted by molar-refractivity contribution is -0.121. The van der Waals surface area contributed by atoms with Crippen molar-refractivity contribution in [2.24, 2.45) is 0 Å². The molecule has 1 aliphatic rings. The number of anilines is 1. The quantitative estimate of drug-likeness (QED) is 0.686. The van der Waals surface area contributed by atoms with Gasteiger partial charge in [-0.25, -0.2) is 9.07 Å². The van der Waals surface area contributed by atoms with Gasteiger partial charge in [0.05, 0.1) is 16.9 Å². The first-order valence-corrected chi connectivity index (χ1v) is 10.4. The second-order valence-electron chi connectivity index (χ2n) is 7.87. The van der Waals surface area contributed by atoms with E-state index in [1.165, 1.54) is 17.0 Å². The van der Waals surface area contributed by atoms with E-state index < -0.39 is 17.8 Å². The molecule has 0 radical (unpaired) electrons. The highest BCUT2D eigenvalue weighted by atomic mass is 19.1. The zero-order valence-electron chi connectivity index (χ0n) is 17.6. The predicted molar refractivity (Wildman–Crippen MR) is 117 cm³/mol. The van der Waals surface area contributed by atoms with Crippen LogP contribution in [-0.2, 0) is 4.79 Å². The topological polar surface area (TPSA) is 67.2 Å². The van der Waals surface area contributed by atoms with E-state index in [1.807, 2.05) is 48.9 Å². The Balaban J connectivity index is 1.49. The molecule has 0 spiro atoms. The first-order valence-electron chi connectivity index (χ1n) is 10.4. The summed E-state index contributed by atoms with van der Waals surface area (Å²) < 4.78 is 16.0. The fourth-order valence-corrected chi connectivity index (χ4v) is 4.04. The Morgan fingerprint density at radius 2 is 1.81 bits per heavy atom. The molecular formula is C24H25FN4O2. The molecule has 1 aromatic heterocycles. The summed E-state index contributed by atoms with van der Waals surface area (Å²) in [5, 5.41) is 7.37. The molecule has 0 aliphatic carbocycles. The molecule has 0 saturated carbocycles. The van der Waals surface area contributed by atoms with Gasteiger partial charge in [-0.15, -0.1) is 0 Å². The minimum absolute atomic E-state index is 0.00330. The van der Waals surface area contributed by atoms with Crippen molar-refractivity contribution >= 4 is 17.5 Å². The van der Waals surface area contributed by atoms with Gasteiger partial charge in [0, 0.05) is 17.9 Å². The summed E-state index contributed by atoms with van der Waals surface area (Å²) in [7, 11) is 0. The van der Waals surface area contributed by atoms with Crippen LogP contribution in [0.25, 0.3) is 5.69 Å². The Hall–Kier alpha value is -3.48. The average molecular weight is 420 g/mol. The van der Waals surface area contributed by atoms with Crippen LogP contribution in [0.3, 0.4) is 0 Å². The van der Waals surface area contributed by atoms with Crippen LogP contribution in [0, 0.1) is 19.7 Å². The fourth-order valence-electron chi connectivity index (χ4n) is 4.04. The van der Waals surface area contributed by atoms with Crippen LogP contribution in [0.2, 0.25) is 0 Å². The maximum atomic E-state index is 14.1. The molecule has 160 valence electrons. The van der Waals surface area contributed by atoms with Crippen molar-refractivity contribution in [3.63, 3.8) is 0 Å². The normalized spacial score (nSPS) is 16.2. The Morgan fingerprint density at radius 1 is 1.06 bits per heavy atom. The van der Waals surface area contributed by atoms with Crippen LogP contribution in [0.1, 0.15) is 41.0 Å². The number of nitrogens with one attached hydrogen (secondary N) is 1. The van der Waals surface area contributed by atoms with Crippen molar-refractivity contribution in [1.29, 1.82) is 0 Å². The molecule has 7 heteroatoms. The summed E-state index contributed by atoms with van der Waals surface area (Å²) >= 11 is 0. The number of likely N-dealkylation sites (tertiary alicyclic amines) is 1. The molecule has 1 N–H and O–H groups in total. The van der Waals surface area contributed by atoms with E-state index in [1.54, 1.807) is 12.1 Å². The lowest BCUT2D eigenvalue weighted by Crippen LogP contribution is -2.50. The Morgan fingerprint density at radius 3 is 2.48 bits per heavy atom. The number of amides is 2. The molecule has 2 amide bonds. The van der Waals surface area contributed by atoms with E-state index in [0.717, 1.165) is 29.9 Å². The zero-order valence-corrected chi connectivity index (χ0v) is 17.6. The number of hydrogen-bond acceptors (Lipinski definition) is 3. The lowest BCUT2D eigenvalue weighted by Gasteiger charge is -2.34. The van der Waals surface area contributed by atoms with Crippen molar-refractivity contribution in [3.05, 3.63) is 77.4 Å². The van der Waals surface area contributed by atoms with Crippen molar-refractivity contribution in [2.45, 2.75) is 39.2 Å². The Bertz CT molecular complexity index is 1110. The highest BCUT2D eigenvalue weighted by Gasteiger charge is 2.33. The third-order valence-corrected chi connectivity index (χ3v) is 5.56. The summed E-state index contributed by atoms with van der Waals surface area (Å²) in [5.41, 5.74) is 3.50. The van der Waals surface area contributed by atoms with Crippen LogP contribution in [0.4, 0.5) is 10.1 Å². The number of rotatable bonds is 4. The number of aryl methyl sites for hydroxylation is 2. The predicted octanol–water partition coefficient (Wildman–Crippen LogP) is 4.26. The maximum Gasteiger partial charge on any atom is 0.257 e. The molecule has 1 fully saturated rings. The van der Waals surface area contributed by atoms with Crippen LogP contribution >= 0.6 is 0 Å². The monoisotopic (exact) mass is 420 g/mol. The second-order valence-corrected chi connectivity index (χ2v) is 7.87. The number of carbonyl (C=O) groups is 2. The molecule has 31 heavy (non-hydrogen) atoms. The van der Waals surface area contributed by atoms with Gasteiger partial charge in [-0.2, -0.15) is 5.10 Å². The Labute approximate surface area is 180 Å². The summed E-state index contributed by atoms with van der Waals surface area (Å²) in [5.74, 6) is -1.28. The third-order valence-electron chi connectivity index (χ3n) is 5.56. The van der Waals surface area contributed by atoms with Crippen LogP contribution in [-0.4, -0.2) is 39.1 Å². The van der Waals surface area contributed by atoms with Crippen molar-refractivity contribution in [2.75, 3.05) is 11.9 Å². The standard InChI is InChI=1S/C24H25FN4O2/c1-16-15-17(2)29(27-16)19-12-10-18(11-13-19)26-23(30)22-9-5-6-14-28(22)24(31)20-7-3-4-8-21(20)25/h3-4,7-8,10-13,15,22H,5-6,9,14H2,1-2H3,(H,26,30)/t22-/m0/s1. The second kappa shape index (κ2) is 8.71.